The molecule has 3 heterocycles. The summed E-state index contributed by atoms with van der Waals surface area (Å²) in [6.07, 6.45) is 6.82. The summed E-state index contributed by atoms with van der Waals surface area (Å²) in [5.41, 5.74) is 0.209. The van der Waals surface area contributed by atoms with Crippen LogP contribution >= 0.6 is 0 Å². The minimum absolute atomic E-state index is 0.209. The predicted molar refractivity (Wildman–Crippen MR) is 115 cm³/mol. The quantitative estimate of drug-likeness (QED) is 0.783. The van der Waals surface area contributed by atoms with Crippen LogP contribution in [0.2, 0.25) is 0 Å². The molecule has 1 N–H and O–H groups in total. The van der Waals surface area contributed by atoms with Gasteiger partial charge >= 0.3 is 0 Å². The maximum absolute atomic E-state index is 5.77. The molecule has 0 aromatic carbocycles. The second kappa shape index (κ2) is 9.14. The average molecular weight is 404 g/mol. The number of nitrogens with zero attached hydrogens (tertiary/aromatic N) is 4. The third-order valence-corrected chi connectivity index (χ3v) is 7.01. The molecule has 0 bridgehead atoms. The Bertz CT molecular complexity index is 666. The largest absolute Gasteiger partial charge is 0.384 e. The van der Waals surface area contributed by atoms with Crippen LogP contribution in [0.15, 0.2) is 12.3 Å². The van der Waals surface area contributed by atoms with Gasteiger partial charge in [0.15, 0.2) is 0 Å². The first kappa shape index (κ1) is 20.8. The number of hydrogen-bond acceptors (Lipinski definition) is 7. The molecule has 2 aliphatic heterocycles. The summed E-state index contributed by atoms with van der Waals surface area (Å²) < 4.78 is 11.3. The van der Waals surface area contributed by atoms with Gasteiger partial charge in [0.25, 0.3) is 0 Å². The number of methoxy groups -OCH3 is 1. The first-order chi connectivity index (χ1) is 14.1. The highest BCUT2D eigenvalue weighted by Gasteiger charge is 2.48. The van der Waals surface area contributed by atoms with Crippen LogP contribution in [0.5, 0.6) is 0 Å². The normalized spacial score (nSPS) is 31.0. The summed E-state index contributed by atoms with van der Waals surface area (Å²) in [4.78, 5) is 14.4. The highest BCUT2D eigenvalue weighted by Crippen LogP contribution is 2.48. The van der Waals surface area contributed by atoms with E-state index in [1.54, 1.807) is 0 Å². The van der Waals surface area contributed by atoms with Gasteiger partial charge in [0.2, 0.25) is 5.95 Å². The minimum Gasteiger partial charge on any atom is -0.384 e. The molecule has 0 unspecified atom stereocenters. The fourth-order valence-electron chi connectivity index (χ4n) is 5.60. The average Bonchev–Trinajstić information content (AvgIpc) is 2.73. The van der Waals surface area contributed by atoms with Crippen molar-refractivity contribution in [2.75, 3.05) is 63.3 Å². The number of morpholine rings is 1. The second-order valence-electron chi connectivity index (χ2n) is 9.32. The predicted octanol–water partition coefficient (Wildman–Crippen LogP) is 2.64. The zero-order valence-electron chi connectivity index (χ0n) is 18.3. The Hall–Kier alpha value is -1.44. The summed E-state index contributed by atoms with van der Waals surface area (Å²) >= 11 is 0. The molecule has 7 nitrogen and oxygen atoms in total. The van der Waals surface area contributed by atoms with Gasteiger partial charge < -0.3 is 19.7 Å². The summed E-state index contributed by atoms with van der Waals surface area (Å²) in [6.45, 7) is 11.1. The number of fused-ring (bicyclic) bond motifs is 1. The number of nitrogens with one attached hydrogen (secondary N) is 1. The van der Waals surface area contributed by atoms with E-state index in [-0.39, 0.29) is 5.41 Å². The fraction of sp³-hybridized carbons (Fsp3) is 0.818. The molecule has 2 saturated heterocycles. The van der Waals surface area contributed by atoms with Crippen molar-refractivity contribution in [2.24, 2.45) is 11.3 Å². The van der Waals surface area contributed by atoms with Gasteiger partial charge in [0.1, 0.15) is 5.82 Å². The van der Waals surface area contributed by atoms with Gasteiger partial charge in [0, 0.05) is 57.0 Å². The number of hydrogen-bond donors (Lipinski definition) is 1. The van der Waals surface area contributed by atoms with Gasteiger partial charge in [-0.2, -0.15) is 4.98 Å². The van der Waals surface area contributed by atoms with E-state index in [0.717, 1.165) is 57.8 Å². The lowest BCUT2D eigenvalue weighted by atomic mass is 9.62. The molecule has 1 aliphatic carbocycles. The molecule has 3 atom stereocenters. The monoisotopic (exact) mass is 403 g/mol. The Morgan fingerprint density at radius 2 is 2.10 bits per heavy atom. The van der Waals surface area contributed by atoms with E-state index >= 15 is 0 Å². The zero-order valence-corrected chi connectivity index (χ0v) is 18.3. The van der Waals surface area contributed by atoms with Crippen molar-refractivity contribution in [3.63, 3.8) is 0 Å². The number of anilines is 2. The molecular weight excluding hydrogens is 366 g/mol. The molecule has 4 rings (SSSR count). The lowest BCUT2D eigenvalue weighted by Crippen LogP contribution is -2.57. The molecule has 3 fully saturated rings. The number of rotatable bonds is 6. The first-order valence-electron chi connectivity index (χ1n) is 11.2. The molecule has 3 aliphatic rings. The number of piperidine rings is 1. The summed E-state index contributed by atoms with van der Waals surface area (Å²) in [5.74, 6) is 2.46. The van der Waals surface area contributed by atoms with Crippen molar-refractivity contribution in [3.05, 3.63) is 12.3 Å². The van der Waals surface area contributed by atoms with Crippen molar-refractivity contribution in [2.45, 2.75) is 51.6 Å². The summed E-state index contributed by atoms with van der Waals surface area (Å²) in [6, 6.07) is 3.02. The maximum Gasteiger partial charge on any atom is 0.227 e. The Morgan fingerprint density at radius 1 is 1.28 bits per heavy atom. The van der Waals surface area contributed by atoms with Crippen LogP contribution in [0, 0.1) is 11.3 Å². The Labute approximate surface area is 175 Å². The highest BCUT2D eigenvalue weighted by atomic mass is 16.5. The molecule has 162 valence electrons. The van der Waals surface area contributed by atoms with E-state index in [2.05, 4.69) is 33.9 Å². The van der Waals surface area contributed by atoms with Crippen LogP contribution in [-0.2, 0) is 9.47 Å². The van der Waals surface area contributed by atoms with E-state index in [1.165, 1.54) is 25.7 Å². The lowest BCUT2D eigenvalue weighted by molar-refractivity contribution is -0.0541. The van der Waals surface area contributed by atoms with Crippen LogP contribution in [-0.4, -0.2) is 80.1 Å². The van der Waals surface area contributed by atoms with Gasteiger partial charge in [-0.15, -0.1) is 0 Å². The molecule has 1 aromatic rings. The van der Waals surface area contributed by atoms with E-state index in [0.29, 0.717) is 18.0 Å². The molecule has 1 aromatic heterocycles. The molecule has 0 amide bonds. The molecule has 7 heteroatoms. The fourth-order valence-corrected chi connectivity index (χ4v) is 5.60. The maximum atomic E-state index is 5.77. The van der Waals surface area contributed by atoms with E-state index in [4.69, 9.17) is 14.5 Å². The molecular formula is C22H37N5O2. The smallest absolute Gasteiger partial charge is 0.227 e. The van der Waals surface area contributed by atoms with Gasteiger partial charge in [0.05, 0.1) is 19.8 Å². The van der Waals surface area contributed by atoms with Crippen molar-refractivity contribution < 1.29 is 9.47 Å². The number of aromatic nitrogens is 2. The van der Waals surface area contributed by atoms with Crippen molar-refractivity contribution in [1.29, 1.82) is 0 Å². The third-order valence-electron chi connectivity index (χ3n) is 7.01. The van der Waals surface area contributed by atoms with Gasteiger partial charge in [-0.05, 0) is 51.5 Å². The number of ether oxygens (including phenoxy) is 2. The first-order valence-corrected chi connectivity index (χ1v) is 11.2. The molecule has 29 heavy (non-hydrogen) atoms. The lowest BCUT2D eigenvalue weighted by Gasteiger charge is -2.54. The van der Waals surface area contributed by atoms with Gasteiger partial charge in [-0.1, -0.05) is 0 Å². The topological polar surface area (TPSA) is 62.8 Å². The summed E-state index contributed by atoms with van der Waals surface area (Å²) in [5, 5.41) is 3.40. The summed E-state index contributed by atoms with van der Waals surface area (Å²) in [7, 11) is 1.85. The van der Waals surface area contributed by atoms with E-state index in [1.807, 2.05) is 19.4 Å². The van der Waals surface area contributed by atoms with Crippen LogP contribution in [0.1, 0.15) is 39.5 Å². The van der Waals surface area contributed by atoms with Crippen LogP contribution in [0.4, 0.5) is 11.8 Å². The van der Waals surface area contributed by atoms with Gasteiger partial charge in [-0.3, -0.25) is 4.90 Å². The zero-order chi connectivity index (χ0) is 20.3. The van der Waals surface area contributed by atoms with Crippen molar-refractivity contribution in [3.8, 4) is 0 Å². The van der Waals surface area contributed by atoms with Crippen molar-refractivity contribution >= 4 is 11.8 Å². The van der Waals surface area contributed by atoms with Crippen LogP contribution < -0.4 is 10.2 Å². The Balaban J connectivity index is 1.47. The third kappa shape index (κ3) is 4.67. The molecule has 0 radical (unpaired) electrons. The van der Waals surface area contributed by atoms with Crippen LogP contribution in [0.25, 0.3) is 0 Å². The van der Waals surface area contributed by atoms with Gasteiger partial charge in [-0.25, -0.2) is 4.98 Å². The van der Waals surface area contributed by atoms with E-state index < -0.39 is 0 Å². The Kier molecular flexibility index (Phi) is 6.56. The standard InChI is InChI=1S/C22H37N5O2/c1-17(2)24-20-5-8-23-21(25-20)27-9-6-18-14-19(26-10-12-29-13-11-26)4-7-22(18,15-27)16-28-3/h5,8,17-19H,4,6-7,9-16H2,1-3H3,(H,23,24,25)/t18-,19-,22+/m1/s1. The highest BCUT2D eigenvalue weighted by molar-refractivity contribution is 5.42. The van der Waals surface area contributed by atoms with E-state index in [9.17, 15) is 0 Å². The molecule has 0 spiro atoms. The molecule has 1 saturated carbocycles. The Morgan fingerprint density at radius 3 is 2.86 bits per heavy atom. The minimum atomic E-state index is 0.209. The van der Waals surface area contributed by atoms with Crippen LogP contribution in [0.3, 0.4) is 0 Å². The van der Waals surface area contributed by atoms with Crippen molar-refractivity contribution in [1.82, 2.24) is 14.9 Å². The SMILES string of the molecule is COC[C@@]12CC[C@@H](N3CCOCC3)C[C@H]1CCN(c1nccc(NC(C)C)n1)C2. The second-order valence-corrected chi connectivity index (χ2v) is 9.32.